The minimum Gasteiger partial charge on any atom is -0.377 e. The highest BCUT2D eigenvalue weighted by atomic mass is 16.5. The third-order valence-electron chi connectivity index (χ3n) is 2.53. The molecule has 0 bridgehead atoms. The van der Waals surface area contributed by atoms with Gasteiger partial charge in [0, 0.05) is 13.2 Å². The first-order chi connectivity index (χ1) is 6.33. The highest BCUT2D eigenvalue weighted by molar-refractivity contribution is 4.68. The van der Waals surface area contributed by atoms with E-state index >= 15 is 0 Å². The van der Waals surface area contributed by atoms with Crippen LogP contribution in [0.1, 0.15) is 25.7 Å². The molecule has 1 atom stereocenters. The lowest BCUT2D eigenvalue weighted by Crippen LogP contribution is -2.29. The monoisotopic (exact) mass is 186 g/mol. The summed E-state index contributed by atoms with van der Waals surface area (Å²) in [4.78, 5) is 2.35. The average molecular weight is 186 g/mol. The van der Waals surface area contributed by atoms with Gasteiger partial charge >= 0.3 is 0 Å². The Kier molecular flexibility index (Phi) is 5.35. The molecule has 1 fully saturated rings. The van der Waals surface area contributed by atoms with E-state index in [9.17, 15) is 0 Å². The summed E-state index contributed by atoms with van der Waals surface area (Å²) in [6.45, 7) is 4.01. The van der Waals surface area contributed by atoms with Gasteiger partial charge in [-0.1, -0.05) is 0 Å². The predicted octanol–water partition coefficient (Wildman–Crippen LogP) is 0.836. The zero-order valence-corrected chi connectivity index (χ0v) is 8.67. The molecule has 0 amide bonds. The van der Waals surface area contributed by atoms with Crippen LogP contribution in [0.3, 0.4) is 0 Å². The molecule has 1 rings (SSSR count). The number of ether oxygens (including phenoxy) is 1. The molecule has 0 aliphatic carbocycles. The lowest BCUT2D eigenvalue weighted by atomic mass is 10.2. The molecule has 1 unspecified atom stereocenters. The van der Waals surface area contributed by atoms with Crippen LogP contribution < -0.4 is 5.73 Å². The Balaban J connectivity index is 1.99. The third-order valence-corrected chi connectivity index (χ3v) is 2.53. The van der Waals surface area contributed by atoms with Gasteiger partial charge in [0.25, 0.3) is 0 Å². The van der Waals surface area contributed by atoms with Crippen molar-refractivity contribution in [1.82, 2.24) is 4.90 Å². The minimum atomic E-state index is 0.489. The van der Waals surface area contributed by atoms with E-state index in [-0.39, 0.29) is 0 Å². The second-order valence-electron chi connectivity index (χ2n) is 3.89. The molecule has 3 nitrogen and oxygen atoms in total. The summed E-state index contributed by atoms with van der Waals surface area (Å²) in [7, 11) is 2.16. The molecule has 78 valence electrons. The van der Waals surface area contributed by atoms with Crippen LogP contribution >= 0.6 is 0 Å². The van der Waals surface area contributed by atoms with E-state index in [0.717, 1.165) is 32.7 Å². The molecule has 3 heteroatoms. The zero-order chi connectivity index (χ0) is 9.52. The number of nitrogens with zero attached hydrogens (tertiary/aromatic N) is 1. The minimum absolute atomic E-state index is 0.489. The Morgan fingerprint density at radius 3 is 2.92 bits per heavy atom. The van der Waals surface area contributed by atoms with Crippen molar-refractivity contribution >= 4 is 0 Å². The van der Waals surface area contributed by atoms with E-state index in [1.165, 1.54) is 19.3 Å². The molecular weight excluding hydrogens is 164 g/mol. The standard InChI is InChI=1S/C10H22N2O/c1-12(7-3-2-6-11)9-10-5-4-8-13-10/h10H,2-9,11H2,1H3. The highest BCUT2D eigenvalue weighted by Crippen LogP contribution is 2.12. The number of nitrogens with two attached hydrogens (primary N) is 1. The average Bonchev–Trinajstić information content (AvgIpc) is 2.57. The number of hydrogen-bond acceptors (Lipinski definition) is 3. The molecular formula is C10H22N2O. The fourth-order valence-electron chi connectivity index (χ4n) is 1.75. The van der Waals surface area contributed by atoms with Gasteiger partial charge in [-0.25, -0.2) is 0 Å². The van der Waals surface area contributed by atoms with Gasteiger partial charge in [-0.2, -0.15) is 0 Å². The molecule has 1 aliphatic heterocycles. The van der Waals surface area contributed by atoms with E-state index in [1.54, 1.807) is 0 Å². The maximum atomic E-state index is 5.56. The Morgan fingerprint density at radius 2 is 2.31 bits per heavy atom. The largest absolute Gasteiger partial charge is 0.377 e. The van der Waals surface area contributed by atoms with Gasteiger partial charge in [0.2, 0.25) is 0 Å². The van der Waals surface area contributed by atoms with Crippen LogP contribution in [0.15, 0.2) is 0 Å². The van der Waals surface area contributed by atoms with Crippen molar-refractivity contribution in [3.63, 3.8) is 0 Å². The molecule has 0 aromatic heterocycles. The molecule has 1 heterocycles. The fourth-order valence-corrected chi connectivity index (χ4v) is 1.75. The van der Waals surface area contributed by atoms with Crippen LogP contribution in [0.2, 0.25) is 0 Å². The Labute approximate surface area is 81.2 Å². The van der Waals surface area contributed by atoms with Crippen LogP contribution in [-0.4, -0.2) is 44.3 Å². The normalized spacial score (nSPS) is 22.8. The summed E-state index contributed by atoms with van der Waals surface area (Å²) in [6, 6.07) is 0. The number of hydrogen-bond donors (Lipinski definition) is 1. The summed E-state index contributed by atoms with van der Waals surface area (Å²) < 4.78 is 5.56. The molecule has 0 aromatic rings. The highest BCUT2D eigenvalue weighted by Gasteiger charge is 2.16. The Hall–Kier alpha value is -0.120. The second kappa shape index (κ2) is 6.35. The molecule has 0 radical (unpaired) electrons. The lowest BCUT2D eigenvalue weighted by molar-refractivity contribution is 0.0808. The number of likely N-dealkylation sites (N-methyl/N-ethyl adjacent to an activating group) is 1. The first-order valence-electron chi connectivity index (χ1n) is 5.33. The van der Waals surface area contributed by atoms with Crippen LogP contribution in [0.5, 0.6) is 0 Å². The lowest BCUT2D eigenvalue weighted by Gasteiger charge is -2.20. The van der Waals surface area contributed by atoms with Crippen molar-refractivity contribution in [3.05, 3.63) is 0 Å². The molecule has 0 spiro atoms. The van der Waals surface area contributed by atoms with E-state index in [4.69, 9.17) is 10.5 Å². The fraction of sp³-hybridized carbons (Fsp3) is 1.00. The van der Waals surface area contributed by atoms with E-state index in [1.807, 2.05) is 0 Å². The van der Waals surface area contributed by atoms with Crippen molar-refractivity contribution in [2.45, 2.75) is 31.8 Å². The number of unbranched alkanes of at least 4 members (excludes halogenated alkanes) is 1. The predicted molar refractivity (Wildman–Crippen MR) is 54.8 cm³/mol. The van der Waals surface area contributed by atoms with Crippen molar-refractivity contribution in [2.75, 3.05) is 33.3 Å². The maximum Gasteiger partial charge on any atom is 0.0702 e. The van der Waals surface area contributed by atoms with Crippen molar-refractivity contribution in [2.24, 2.45) is 5.73 Å². The van der Waals surface area contributed by atoms with Crippen LogP contribution in [0, 0.1) is 0 Å². The first kappa shape index (κ1) is 11.0. The molecule has 1 saturated heterocycles. The van der Waals surface area contributed by atoms with E-state index in [2.05, 4.69) is 11.9 Å². The number of rotatable bonds is 6. The SMILES string of the molecule is CN(CCCCN)CC1CCCO1. The summed E-state index contributed by atoms with van der Waals surface area (Å²) >= 11 is 0. The summed E-state index contributed by atoms with van der Waals surface area (Å²) in [5.41, 5.74) is 5.44. The van der Waals surface area contributed by atoms with Gasteiger partial charge in [0.1, 0.15) is 0 Å². The molecule has 0 saturated carbocycles. The smallest absolute Gasteiger partial charge is 0.0702 e. The van der Waals surface area contributed by atoms with Gasteiger partial charge in [-0.3, -0.25) is 0 Å². The van der Waals surface area contributed by atoms with Crippen molar-refractivity contribution in [3.8, 4) is 0 Å². The van der Waals surface area contributed by atoms with Crippen molar-refractivity contribution in [1.29, 1.82) is 0 Å². The molecule has 2 N–H and O–H groups in total. The molecule has 13 heavy (non-hydrogen) atoms. The molecule has 1 aliphatic rings. The Morgan fingerprint density at radius 1 is 1.46 bits per heavy atom. The third kappa shape index (κ3) is 4.60. The van der Waals surface area contributed by atoms with Gasteiger partial charge in [0.15, 0.2) is 0 Å². The van der Waals surface area contributed by atoms with Crippen LogP contribution in [0.25, 0.3) is 0 Å². The quantitative estimate of drug-likeness (QED) is 0.625. The van der Waals surface area contributed by atoms with Gasteiger partial charge < -0.3 is 15.4 Å². The van der Waals surface area contributed by atoms with Crippen molar-refractivity contribution < 1.29 is 4.74 Å². The van der Waals surface area contributed by atoms with Gasteiger partial charge in [0.05, 0.1) is 6.10 Å². The van der Waals surface area contributed by atoms with Crippen LogP contribution in [-0.2, 0) is 4.74 Å². The molecule has 0 aromatic carbocycles. The first-order valence-corrected chi connectivity index (χ1v) is 5.33. The second-order valence-corrected chi connectivity index (χ2v) is 3.89. The topological polar surface area (TPSA) is 38.5 Å². The maximum absolute atomic E-state index is 5.56. The van der Waals surface area contributed by atoms with Crippen LogP contribution in [0.4, 0.5) is 0 Å². The summed E-state index contributed by atoms with van der Waals surface area (Å²) in [5, 5.41) is 0. The van der Waals surface area contributed by atoms with Gasteiger partial charge in [-0.15, -0.1) is 0 Å². The zero-order valence-electron chi connectivity index (χ0n) is 8.67. The van der Waals surface area contributed by atoms with E-state index in [0.29, 0.717) is 6.10 Å². The van der Waals surface area contributed by atoms with Gasteiger partial charge in [-0.05, 0) is 45.8 Å². The Bertz CT molecular complexity index is 124. The summed E-state index contributed by atoms with van der Waals surface area (Å²) in [5.74, 6) is 0. The summed E-state index contributed by atoms with van der Waals surface area (Å²) in [6.07, 6.45) is 5.31. The van der Waals surface area contributed by atoms with E-state index < -0.39 is 0 Å².